The number of benzene rings is 2. The van der Waals surface area contributed by atoms with E-state index in [0.717, 1.165) is 14.4 Å². The van der Waals surface area contributed by atoms with E-state index in [4.69, 9.17) is 4.74 Å². The van der Waals surface area contributed by atoms with Crippen LogP contribution in [0.25, 0.3) is 16.3 Å². The molecule has 202 valence electrons. The van der Waals surface area contributed by atoms with Gasteiger partial charge in [-0.15, -0.1) is 11.3 Å². The molecule has 0 aliphatic rings. The molecule has 0 aliphatic heterocycles. The first-order chi connectivity index (χ1) is 18.7. The molecule has 2 unspecified atom stereocenters. The van der Waals surface area contributed by atoms with Crippen LogP contribution in [-0.2, 0) is 4.79 Å². The number of thiophene rings is 1. The van der Waals surface area contributed by atoms with Crippen LogP contribution < -0.4 is 15.4 Å². The lowest BCUT2D eigenvalue weighted by atomic mass is 9.99. The quantitative estimate of drug-likeness (QED) is 0.207. The number of ether oxygens (including phenoxy) is 1. The standard InChI is InChI=1S/C28H27BrN4O5S/c1-4-16(2)24(28(36)37)31-26(34)17-10-11-21(38-3)20(14-17)30-27(35)19-15-33(18-8-6-5-7-9-18)32-25(19)22-12-13-23(29)39-22/h5-16,24H,4H2,1-3H3,(H,30,35)(H,31,34)(H,36,37). The van der Waals surface area contributed by atoms with E-state index in [1.807, 2.05) is 49.4 Å². The molecule has 2 aromatic carbocycles. The monoisotopic (exact) mass is 610 g/mol. The maximum atomic E-state index is 13.6. The number of carbonyl (C=O) groups excluding carboxylic acids is 2. The molecule has 2 atom stereocenters. The van der Waals surface area contributed by atoms with Crippen molar-refractivity contribution in [3.05, 3.63) is 81.8 Å². The summed E-state index contributed by atoms with van der Waals surface area (Å²) in [5.41, 5.74) is 2.06. The zero-order valence-corrected chi connectivity index (χ0v) is 23.9. The summed E-state index contributed by atoms with van der Waals surface area (Å²) >= 11 is 4.92. The Morgan fingerprint density at radius 2 is 1.85 bits per heavy atom. The molecule has 0 aliphatic carbocycles. The molecule has 2 aromatic heterocycles. The van der Waals surface area contributed by atoms with Crippen molar-refractivity contribution in [2.75, 3.05) is 12.4 Å². The lowest BCUT2D eigenvalue weighted by Gasteiger charge is -2.20. The largest absolute Gasteiger partial charge is 0.495 e. The zero-order valence-electron chi connectivity index (χ0n) is 21.5. The SMILES string of the molecule is CCC(C)C(NC(=O)c1ccc(OC)c(NC(=O)c2cn(-c3ccccc3)nc2-c2ccc(Br)s2)c1)C(=O)O. The summed E-state index contributed by atoms with van der Waals surface area (Å²) in [7, 11) is 1.45. The van der Waals surface area contributed by atoms with Crippen molar-refractivity contribution in [2.24, 2.45) is 5.92 Å². The number of nitrogens with zero attached hydrogens (tertiary/aromatic N) is 2. The molecule has 2 heterocycles. The lowest BCUT2D eigenvalue weighted by molar-refractivity contribution is -0.140. The van der Waals surface area contributed by atoms with E-state index >= 15 is 0 Å². The Morgan fingerprint density at radius 3 is 2.46 bits per heavy atom. The topological polar surface area (TPSA) is 123 Å². The van der Waals surface area contributed by atoms with Crippen LogP contribution >= 0.6 is 27.3 Å². The van der Waals surface area contributed by atoms with Gasteiger partial charge in [-0.3, -0.25) is 9.59 Å². The molecule has 4 rings (SSSR count). The molecule has 11 heteroatoms. The number of hydrogen-bond acceptors (Lipinski definition) is 6. The highest BCUT2D eigenvalue weighted by Crippen LogP contribution is 2.34. The van der Waals surface area contributed by atoms with Crippen molar-refractivity contribution in [3.8, 4) is 22.0 Å². The number of rotatable bonds is 10. The summed E-state index contributed by atoms with van der Waals surface area (Å²) in [6.07, 6.45) is 2.24. The van der Waals surface area contributed by atoms with Gasteiger partial charge in [0, 0.05) is 11.8 Å². The van der Waals surface area contributed by atoms with Crippen molar-refractivity contribution in [1.29, 1.82) is 0 Å². The number of carboxylic acids is 1. The first-order valence-corrected chi connectivity index (χ1v) is 13.8. The number of anilines is 1. The number of hydrogen-bond donors (Lipinski definition) is 3. The van der Waals surface area contributed by atoms with E-state index in [1.54, 1.807) is 23.9 Å². The number of carboxylic acid groups (broad SMARTS) is 1. The van der Waals surface area contributed by atoms with Crippen LogP contribution in [0.5, 0.6) is 5.75 Å². The smallest absolute Gasteiger partial charge is 0.326 e. The molecule has 39 heavy (non-hydrogen) atoms. The molecular weight excluding hydrogens is 584 g/mol. The molecule has 0 spiro atoms. The summed E-state index contributed by atoms with van der Waals surface area (Å²) < 4.78 is 7.96. The Balaban J connectivity index is 1.67. The summed E-state index contributed by atoms with van der Waals surface area (Å²) in [6.45, 7) is 3.62. The highest BCUT2D eigenvalue weighted by atomic mass is 79.9. The van der Waals surface area contributed by atoms with Crippen molar-refractivity contribution in [1.82, 2.24) is 15.1 Å². The predicted octanol–water partition coefficient (Wildman–Crippen LogP) is 5.85. The molecule has 0 bridgehead atoms. The van der Waals surface area contributed by atoms with Gasteiger partial charge < -0.3 is 20.5 Å². The number of nitrogens with one attached hydrogen (secondary N) is 2. The van der Waals surface area contributed by atoms with Crippen LogP contribution in [0.2, 0.25) is 0 Å². The Labute approximate surface area is 237 Å². The molecule has 0 saturated carbocycles. The van der Waals surface area contributed by atoms with E-state index in [1.165, 1.54) is 30.6 Å². The summed E-state index contributed by atoms with van der Waals surface area (Å²) in [4.78, 5) is 39.0. The van der Waals surface area contributed by atoms with Gasteiger partial charge in [-0.1, -0.05) is 38.5 Å². The summed E-state index contributed by atoms with van der Waals surface area (Å²) in [5, 5.41) is 19.7. The minimum atomic E-state index is -1.11. The maximum Gasteiger partial charge on any atom is 0.326 e. The van der Waals surface area contributed by atoms with Crippen LogP contribution in [0.1, 0.15) is 41.0 Å². The minimum Gasteiger partial charge on any atom is -0.495 e. The van der Waals surface area contributed by atoms with Crippen molar-refractivity contribution in [2.45, 2.75) is 26.3 Å². The number of methoxy groups -OCH3 is 1. The molecule has 0 fully saturated rings. The predicted molar refractivity (Wildman–Crippen MR) is 154 cm³/mol. The van der Waals surface area contributed by atoms with Gasteiger partial charge in [-0.05, 0) is 64.3 Å². The molecule has 3 N–H and O–H groups in total. The van der Waals surface area contributed by atoms with Gasteiger partial charge in [0.1, 0.15) is 17.5 Å². The van der Waals surface area contributed by atoms with Gasteiger partial charge >= 0.3 is 5.97 Å². The second-order valence-corrected chi connectivity index (χ2v) is 11.3. The summed E-state index contributed by atoms with van der Waals surface area (Å²) in [5.74, 6) is -2.05. The van der Waals surface area contributed by atoms with Crippen LogP contribution in [0.15, 0.2) is 70.6 Å². The maximum absolute atomic E-state index is 13.6. The van der Waals surface area contributed by atoms with Crippen LogP contribution in [0, 0.1) is 5.92 Å². The average Bonchev–Trinajstić information content (AvgIpc) is 3.58. The number of amides is 2. The number of halogens is 1. The van der Waals surface area contributed by atoms with Gasteiger partial charge in [0.05, 0.1) is 32.7 Å². The highest BCUT2D eigenvalue weighted by Gasteiger charge is 2.27. The Hall–Kier alpha value is -3.96. The molecule has 0 saturated heterocycles. The molecular formula is C28H27BrN4O5S. The Kier molecular flexibility index (Phi) is 8.82. The third kappa shape index (κ3) is 6.37. The van der Waals surface area contributed by atoms with E-state index in [9.17, 15) is 19.5 Å². The van der Waals surface area contributed by atoms with Crippen molar-refractivity contribution in [3.63, 3.8) is 0 Å². The van der Waals surface area contributed by atoms with Gasteiger partial charge in [-0.2, -0.15) is 5.10 Å². The average molecular weight is 612 g/mol. The third-order valence-electron chi connectivity index (χ3n) is 6.26. The van der Waals surface area contributed by atoms with E-state index in [0.29, 0.717) is 23.4 Å². The number of aliphatic carboxylic acids is 1. The van der Waals surface area contributed by atoms with Crippen molar-refractivity contribution < 1.29 is 24.2 Å². The van der Waals surface area contributed by atoms with Crippen LogP contribution in [0.4, 0.5) is 5.69 Å². The first-order valence-electron chi connectivity index (χ1n) is 12.2. The van der Waals surface area contributed by atoms with Gasteiger partial charge in [-0.25, -0.2) is 9.48 Å². The summed E-state index contributed by atoms with van der Waals surface area (Å²) in [6, 6.07) is 16.7. The second-order valence-electron chi connectivity index (χ2n) is 8.82. The lowest BCUT2D eigenvalue weighted by Crippen LogP contribution is -2.45. The zero-order chi connectivity index (χ0) is 28.1. The minimum absolute atomic E-state index is 0.183. The fourth-order valence-electron chi connectivity index (χ4n) is 3.92. The van der Waals surface area contributed by atoms with Crippen molar-refractivity contribution >= 4 is 50.7 Å². The fraction of sp³-hybridized carbons (Fsp3) is 0.214. The first kappa shape index (κ1) is 28.1. The Bertz CT molecular complexity index is 1500. The third-order valence-corrected chi connectivity index (χ3v) is 7.89. The van der Waals surface area contributed by atoms with Gasteiger partial charge in [0.2, 0.25) is 0 Å². The number of para-hydroxylation sites is 1. The Morgan fingerprint density at radius 1 is 1.10 bits per heavy atom. The van der Waals surface area contributed by atoms with Gasteiger partial charge in [0.25, 0.3) is 11.8 Å². The molecule has 4 aromatic rings. The highest BCUT2D eigenvalue weighted by molar-refractivity contribution is 9.11. The molecule has 0 radical (unpaired) electrons. The molecule has 2 amide bonds. The van der Waals surface area contributed by atoms with Gasteiger partial charge in [0.15, 0.2) is 0 Å². The van der Waals surface area contributed by atoms with Crippen LogP contribution in [-0.4, -0.2) is 45.8 Å². The van der Waals surface area contributed by atoms with E-state index < -0.39 is 23.8 Å². The molecule has 9 nitrogen and oxygen atoms in total. The number of carbonyl (C=O) groups is 3. The second kappa shape index (κ2) is 12.3. The van der Waals surface area contributed by atoms with Crippen LogP contribution in [0.3, 0.4) is 0 Å². The normalized spacial score (nSPS) is 12.4. The fourth-order valence-corrected chi connectivity index (χ4v) is 5.31. The number of aromatic nitrogens is 2. The van der Waals surface area contributed by atoms with E-state index in [2.05, 4.69) is 31.7 Å². The van der Waals surface area contributed by atoms with E-state index in [-0.39, 0.29) is 17.2 Å².